The first kappa shape index (κ1) is 15.6. The van der Waals surface area contributed by atoms with Crippen LogP contribution in [-0.4, -0.2) is 41.7 Å². The first-order valence-corrected chi connectivity index (χ1v) is 7.12. The number of hydrogen-bond acceptors (Lipinski definition) is 3. The largest absolute Gasteiger partial charge is 0.401 e. The van der Waals surface area contributed by atoms with Crippen molar-refractivity contribution in [2.75, 3.05) is 13.1 Å². The van der Waals surface area contributed by atoms with Crippen molar-refractivity contribution in [2.24, 2.45) is 17.4 Å². The quantitative estimate of drug-likeness (QED) is 0.777. The highest BCUT2D eigenvalue weighted by Gasteiger charge is 2.45. The van der Waals surface area contributed by atoms with E-state index in [0.29, 0.717) is 19.4 Å². The van der Waals surface area contributed by atoms with Crippen LogP contribution in [0.15, 0.2) is 0 Å². The van der Waals surface area contributed by atoms with Crippen LogP contribution in [0.4, 0.5) is 13.2 Å². The Kier molecular flexibility index (Phi) is 4.30. The molecule has 0 aliphatic heterocycles. The molecular formula is C13H22F3N3O. The molecule has 2 atom stereocenters. The highest BCUT2D eigenvalue weighted by molar-refractivity contribution is 5.85. The third kappa shape index (κ3) is 3.63. The van der Waals surface area contributed by atoms with Crippen molar-refractivity contribution in [3.05, 3.63) is 0 Å². The van der Waals surface area contributed by atoms with Crippen LogP contribution in [0.5, 0.6) is 0 Å². The molecule has 0 spiro atoms. The van der Waals surface area contributed by atoms with Crippen LogP contribution in [0.1, 0.15) is 38.5 Å². The number of carbonyl (C=O) groups is 1. The molecule has 20 heavy (non-hydrogen) atoms. The van der Waals surface area contributed by atoms with Gasteiger partial charge in [-0.1, -0.05) is 6.42 Å². The van der Waals surface area contributed by atoms with Gasteiger partial charge in [-0.2, -0.15) is 13.2 Å². The van der Waals surface area contributed by atoms with Crippen LogP contribution >= 0.6 is 0 Å². The third-order valence-electron chi connectivity index (χ3n) is 4.54. The molecule has 0 bridgehead atoms. The van der Waals surface area contributed by atoms with Crippen molar-refractivity contribution in [3.63, 3.8) is 0 Å². The Morgan fingerprint density at radius 3 is 2.45 bits per heavy atom. The van der Waals surface area contributed by atoms with E-state index >= 15 is 0 Å². The van der Waals surface area contributed by atoms with Gasteiger partial charge in [0.2, 0.25) is 5.91 Å². The molecule has 0 aromatic carbocycles. The highest BCUT2D eigenvalue weighted by Crippen LogP contribution is 2.37. The van der Waals surface area contributed by atoms with Crippen molar-refractivity contribution in [1.29, 1.82) is 0 Å². The molecule has 0 aromatic heterocycles. The van der Waals surface area contributed by atoms with Crippen molar-refractivity contribution in [1.82, 2.24) is 4.90 Å². The van der Waals surface area contributed by atoms with Gasteiger partial charge in [-0.25, -0.2) is 0 Å². The number of carbonyl (C=O) groups excluding carboxylic acids is 1. The van der Waals surface area contributed by atoms with Crippen LogP contribution in [0.3, 0.4) is 0 Å². The second-order valence-electron chi connectivity index (χ2n) is 6.10. The first-order chi connectivity index (χ1) is 9.22. The zero-order valence-electron chi connectivity index (χ0n) is 11.5. The molecule has 2 rings (SSSR count). The van der Waals surface area contributed by atoms with E-state index in [1.54, 1.807) is 0 Å². The Hall–Kier alpha value is -0.820. The highest BCUT2D eigenvalue weighted by atomic mass is 19.4. The number of amides is 1. The minimum absolute atomic E-state index is 0.0405. The second kappa shape index (κ2) is 5.52. The van der Waals surface area contributed by atoms with Crippen molar-refractivity contribution in [2.45, 2.75) is 56.3 Å². The fourth-order valence-electron chi connectivity index (χ4n) is 3.21. The lowest BCUT2D eigenvalue weighted by atomic mass is 9.85. The first-order valence-electron chi connectivity index (χ1n) is 7.12. The number of nitrogens with two attached hydrogens (primary N) is 2. The molecule has 0 aromatic rings. The van der Waals surface area contributed by atoms with Crippen LogP contribution in [0.25, 0.3) is 0 Å². The molecule has 0 radical (unpaired) electrons. The zero-order valence-corrected chi connectivity index (χ0v) is 11.5. The Balaban J connectivity index is 1.91. The fourth-order valence-corrected chi connectivity index (χ4v) is 3.21. The lowest BCUT2D eigenvalue weighted by molar-refractivity contribution is -0.148. The Bertz CT molecular complexity index is 370. The molecule has 7 heteroatoms. The number of hydrogen-bond donors (Lipinski definition) is 2. The van der Waals surface area contributed by atoms with Gasteiger partial charge in [0.1, 0.15) is 0 Å². The van der Waals surface area contributed by atoms with Gasteiger partial charge in [-0.15, -0.1) is 0 Å². The summed E-state index contributed by atoms with van der Waals surface area (Å²) in [5.74, 6) is -0.636. The number of halogens is 3. The fraction of sp³-hybridized carbons (Fsp3) is 0.923. The van der Waals surface area contributed by atoms with Crippen molar-refractivity contribution >= 4 is 5.91 Å². The number of alkyl halides is 3. The van der Waals surface area contributed by atoms with Gasteiger partial charge < -0.3 is 11.5 Å². The molecule has 2 aliphatic carbocycles. The molecule has 0 heterocycles. The second-order valence-corrected chi connectivity index (χ2v) is 6.10. The van der Waals surface area contributed by atoms with Crippen LogP contribution in [-0.2, 0) is 4.79 Å². The molecule has 2 saturated carbocycles. The molecule has 2 fully saturated rings. The van der Waals surface area contributed by atoms with Crippen molar-refractivity contribution < 1.29 is 18.0 Å². The summed E-state index contributed by atoms with van der Waals surface area (Å²) in [6.45, 7) is -0.542. The number of nitrogens with zero attached hydrogens (tertiary/aromatic N) is 1. The van der Waals surface area contributed by atoms with Crippen LogP contribution in [0, 0.1) is 5.92 Å². The Morgan fingerprint density at radius 2 is 1.95 bits per heavy atom. The maximum Gasteiger partial charge on any atom is 0.401 e. The number of primary amides is 1. The van der Waals surface area contributed by atoms with E-state index in [1.807, 2.05) is 0 Å². The lowest BCUT2D eigenvalue weighted by Crippen LogP contribution is -2.55. The smallest absolute Gasteiger partial charge is 0.368 e. The molecule has 116 valence electrons. The predicted molar refractivity (Wildman–Crippen MR) is 68.7 cm³/mol. The molecule has 4 nitrogen and oxygen atoms in total. The van der Waals surface area contributed by atoms with E-state index in [2.05, 4.69) is 0 Å². The van der Waals surface area contributed by atoms with E-state index in [4.69, 9.17) is 11.5 Å². The molecular weight excluding hydrogens is 271 g/mol. The van der Waals surface area contributed by atoms with Gasteiger partial charge >= 0.3 is 6.18 Å². The standard InChI is InChI=1S/C13H22F3N3O/c14-13(15,16)8-19(10-3-4-10)7-5-9-2-1-6-12(9,18)11(17)20/h9-10H,1-8,18H2,(H2,17,20). The van der Waals surface area contributed by atoms with Crippen LogP contribution in [0.2, 0.25) is 0 Å². The molecule has 4 N–H and O–H groups in total. The maximum absolute atomic E-state index is 12.5. The summed E-state index contributed by atoms with van der Waals surface area (Å²) >= 11 is 0. The SMILES string of the molecule is NC(=O)C1(N)CCCC1CCN(CC(F)(F)F)C1CC1. The Morgan fingerprint density at radius 1 is 1.30 bits per heavy atom. The van der Waals surface area contributed by atoms with Gasteiger partial charge in [0.05, 0.1) is 12.1 Å². The summed E-state index contributed by atoms with van der Waals surface area (Å²) in [4.78, 5) is 12.9. The Labute approximate surface area is 116 Å². The molecule has 0 saturated heterocycles. The van der Waals surface area contributed by atoms with Crippen molar-refractivity contribution in [3.8, 4) is 0 Å². The van der Waals surface area contributed by atoms with E-state index in [9.17, 15) is 18.0 Å². The summed E-state index contributed by atoms with van der Waals surface area (Å²) in [6.07, 6.45) is 0.0922. The van der Waals surface area contributed by atoms with E-state index in [0.717, 1.165) is 25.7 Å². The summed E-state index contributed by atoms with van der Waals surface area (Å²) in [6, 6.07) is 0.0405. The zero-order chi connectivity index (χ0) is 15.0. The van der Waals surface area contributed by atoms with Gasteiger partial charge in [0, 0.05) is 6.04 Å². The third-order valence-corrected chi connectivity index (χ3v) is 4.54. The molecule has 1 amide bonds. The minimum atomic E-state index is -4.18. The summed E-state index contributed by atoms with van der Waals surface area (Å²) in [5.41, 5.74) is 10.3. The molecule has 2 aliphatic rings. The average molecular weight is 293 g/mol. The van der Waals surface area contributed by atoms with Gasteiger partial charge in [-0.05, 0) is 44.6 Å². The van der Waals surface area contributed by atoms with Gasteiger partial charge in [0.25, 0.3) is 0 Å². The monoisotopic (exact) mass is 293 g/mol. The van der Waals surface area contributed by atoms with E-state index < -0.39 is 24.2 Å². The predicted octanol–water partition coefficient (Wildman–Crippen LogP) is 1.39. The minimum Gasteiger partial charge on any atom is -0.368 e. The number of rotatable bonds is 6. The summed E-state index contributed by atoms with van der Waals surface area (Å²) in [5, 5.41) is 0. The van der Waals surface area contributed by atoms with Gasteiger partial charge in [0.15, 0.2) is 0 Å². The van der Waals surface area contributed by atoms with E-state index in [1.165, 1.54) is 4.90 Å². The summed E-state index contributed by atoms with van der Waals surface area (Å²) < 4.78 is 37.6. The van der Waals surface area contributed by atoms with Crippen LogP contribution < -0.4 is 11.5 Å². The average Bonchev–Trinajstić information content (AvgIpc) is 3.08. The topological polar surface area (TPSA) is 72.3 Å². The van der Waals surface area contributed by atoms with Gasteiger partial charge in [-0.3, -0.25) is 9.69 Å². The summed E-state index contributed by atoms with van der Waals surface area (Å²) in [7, 11) is 0. The molecule has 2 unspecified atom stereocenters. The normalized spacial score (nSPS) is 30.9. The maximum atomic E-state index is 12.5. The van der Waals surface area contributed by atoms with E-state index in [-0.39, 0.29) is 12.0 Å². The lowest BCUT2D eigenvalue weighted by Gasteiger charge is -2.31.